The van der Waals surface area contributed by atoms with Crippen molar-refractivity contribution in [2.45, 2.75) is 5.25 Å². The molecule has 0 saturated carbocycles. The summed E-state index contributed by atoms with van der Waals surface area (Å²) < 4.78 is 27.8. The molecule has 0 spiro atoms. The van der Waals surface area contributed by atoms with Crippen LogP contribution in [0.5, 0.6) is 5.75 Å². The van der Waals surface area contributed by atoms with Crippen molar-refractivity contribution >= 4 is 32.9 Å². The summed E-state index contributed by atoms with van der Waals surface area (Å²) in [6.45, 7) is -0.00916. The lowest BCUT2D eigenvalue weighted by atomic mass is 9.97. The number of quaternary nitrogens is 1. The third kappa shape index (κ3) is 2.66. The van der Waals surface area contributed by atoms with Crippen molar-refractivity contribution in [2.24, 2.45) is 4.99 Å². The smallest absolute Gasteiger partial charge is 0.329 e. The fourth-order valence-electron chi connectivity index (χ4n) is 3.72. The average molecular weight is 396 g/mol. The van der Waals surface area contributed by atoms with Crippen LogP contribution in [0.2, 0.25) is 0 Å². The fourth-order valence-corrected chi connectivity index (χ4v) is 5.73. The van der Waals surface area contributed by atoms with E-state index in [1.165, 1.54) is 0 Å². The maximum Gasteiger partial charge on any atom is 0.329 e. The number of ether oxygens (including phenoxy) is 1. The average Bonchev–Trinajstić information content (AvgIpc) is 3.17. The van der Waals surface area contributed by atoms with E-state index in [4.69, 9.17) is 4.74 Å². The number of carbonyl (C=O) groups excluding carboxylic acids is 1. The van der Waals surface area contributed by atoms with Crippen molar-refractivity contribution in [3.05, 3.63) is 78.3 Å². The molecule has 4 N–H and O–H groups in total. The van der Waals surface area contributed by atoms with Crippen molar-refractivity contribution in [3.63, 3.8) is 0 Å². The molecular weight excluding hydrogens is 378 g/mol. The summed E-state index contributed by atoms with van der Waals surface area (Å²) in [4.78, 5) is 16.6. The Morgan fingerprint density at radius 2 is 2.00 bits per heavy atom. The van der Waals surface area contributed by atoms with Gasteiger partial charge in [0.25, 0.3) is 5.91 Å². The van der Waals surface area contributed by atoms with Gasteiger partial charge >= 0.3 is 5.17 Å². The lowest BCUT2D eigenvalue weighted by Gasteiger charge is -2.43. The third-order valence-corrected chi connectivity index (χ3v) is 7.04. The lowest BCUT2D eigenvalue weighted by Crippen LogP contribution is -3.06. The van der Waals surface area contributed by atoms with Crippen molar-refractivity contribution in [1.29, 1.82) is 0 Å². The van der Waals surface area contributed by atoms with Crippen LogP contribution < -0.4 is 15.0 Å². The monoisotopic (exact) mass is 396 g/mol. The van der Waals surface area contributed by atoms with Crippen LogP contribution >= 0.6 is 10.6 Å². The molecule has 3 aliphatic rings. The molecule has 8 heteroatoms. The standard InChI is InChI=1S/C20H17N3O4S/c24-18-12-27-17-7-6-14(10-16(17)22-18)15-11-23-9-8-21-20(23)28(25,26)19(15)13-4-2-1-3-5-13/h1-11,19,25-26H,12H2,(H,22,24)/p+1. The first-order chi connectivity index (χ1) is 13.5. The molecule has 3 aliphatic heterocycles. The Balaban J connectivity index is 1.68. The van der Waals surface area contributed by atoms with Gasteiger partial charge in [-0.25, -0.2) is 4.90 Å². The summed E-state index contributed by atoms with van der Waals surface area (Å²) in [5.74, 6) is 0.381. The van der Waals surface area contributed by atoms with Gasteiger partial charge in [-0.15, -0.1) is 0 Å². The molecule has 0 saturated heterocycles. The van der Waals surface area contributed by atoms with Crippen LogP contribution in [0, 0.1) is 0 Å². The molecule has 5 rings (SSSR count). The molecular formula is C20H18N3O4S+. The highest BCUT2D eigenvalue weighted by atomic mass is 32.3. The number of benzene rings is 2. The number of anilines is 1. The van der Waals surface area contributed by atoms with Crippen LogP contribution in [0.15, 0.2) is 72.1 Å². The summed E-state index contributed by atoms with van der Waals surface area (Å²) in [6.07, 6.45) is 5.29. The highest BCUT2D eigenvalue weighted by molar-refractivity contribution is 8.36. The predicted octanol–water partition coefficient (Wildman–Crippen LogP) is 2.59. The molecule has 28 heavy (non-hydrogen) atoms. The Labute approximate surface area is 163 Å². The van der Waals surface area contributed by atoms with Gasteiger partial charge in [0.05, 0.1) is 11.9 Å². The normalized spacial score (nSPS) is 25.6. The number of nitrogens with zero attached hydrogens (tertiary/aromatic N) is 1. The van der Waals surface area contributed by atoms with E-state index in [-0.39, 0.29) is 12.5 Å². The van der Waals surface area contributed by atoms with Crippen LogP contribution in [0.4, 0.5) is 5.69 Å². The van der Waals surface area contributed by atoms with Crippen LogP contribution in [0.1, 0.15) is 16.4 Å². The Hall–Kier alpha value is -2.91. The van der Waals surface area contributed by atoms with E-state index >= 15 is 0 Å². The zero-order valence-electron chi connectivity index (χ0n) is 14.7. The zero-order chi connectivity index (χ0) is 19.3. The van der Waals surface area contributed by atoms with Gasteiger partial charge in [-0.05, 0) is 23.3 Å². The molecule has 2 unspecified atom stereocenters. The first-order valence-electron chi connectivity index (χ1n) is 8.76. The molecule has 142 valence electrons. The van der Waals surface area contributed by atoms with Gasteiger partial charge in [0.1, 0.15) is 23.4 Å². The van der Waals surface area contributed by atoms with Crippen LogP contribution in [-0.2, 0) is 4.79 Å². The number of carbonyl (C=O) groups is 1. The molecule has 0 aromatic heterocycles. The Kier molecular flexibility index (Phi) is 3.88. The minimum atomic E-state index is -3.22. The molecule has 2 atom stereocenters. The van der Waals surface area contributed by atoms with E-state index in [9.17, 15) is 13.9 Å². The lowest BCUT2D eigenvalue weighted by molar-refractivity contribution is -0.675. The highest BCUT2D eigenvalue weighted by Gasteiger charge is 2.47. The Morgan fingerprint density at radius 3 is 2.82 bits per heavy atom. The molecule has 3 heterocycles. The van der Waals surface area contributed by atoms with Gasteiger partial charge in [-0.2, -0.15) is 4.99 Å². The molecule has 0 bridgehead atoms. The van der Waals surface area contributed by atoms with Crippen LogP contribution in [0.25, 0.3) is 5.57 Å². The van der Waals surface area contributed by atoms with Crippen LogP contribution in [0.3, 0.4) is 0 Å². The number of amidine groups is 1. The molecule has 0 fully saturated rings. The first kappa shape index (κ1) is 17.2. The number of rotatable bonds is 2. The number of nitrogens with one attached hydrogen (secondary N) is 2. The number of amides is 1. The quantitative estimate of drug-likeness (QED) is 0.628. The number of aliphatic imine (C=N–C) groups is 1. The van der Waals surface area contributed by atoms with E-state index < -0.39 is 15.8 Å². The van der Waals surface area contributed by atoms with E-state index in [2.05, 4.69) is 10.3 Å². The summed E-state index contributed by atoms with van der Waals surface area (Å²) in [7, 11) is -3.22. The molecule has 1 amide bonds. The summed E-state index contributed by atoms with van der Waals surface area (Å²) in [6, 6.07) is 14.9. The summed E-state index contributed by atoms with van der Waals surface area (Å²) >= 11 is 0. The Bertz CT molecular complexity index is 1060. The second kappa shape index (κ2) is 6.32. The van der Waals surface area contributed by atoms with Crippen molar-refractivity contribution in [1.82, 2.24) is 0 Å². The van der Waals surface area contributed by atoms with Gasteiger partial charge in [0, 0.05) is 5.57 Å². The fraction of sp³-hybridized carbons (Fsp3) is 0.100. The topological polar surface area (TPSA) is 95.6 Å². The van der Waals surface area contributed by atoms with Gasteiger partial charge < -0.3 is 10.1 Å². The first-order valence-corrected chi connectivity index (χ1v) is 10.4. The van der Waals surface area contributed by atoms with Gasteiger partial charge in [0.2, 0.25) is 0 Å². The molecule has 7 nitrogen and oxygen atoms in total. The van der Waals surface area contributed by atoms with Gasteiger partial charge in [-0.3, -0.25) is 13.9 Å². The molecule has 2 aromatic rings. The minimum absolute atomic E-state index is 0.00916. The third-order valence-electron chi connectivity index (χ3n) is 4.95. The van der Waals surface area contributed by atoms with E-state index in [1.807, 2.05) is 48.7 Å². The van der Waals surface area contributed by atoms with Crippen LogP contribution in [-0.4, -0.2) is 26.8 Å². The summed E-state index contributed by atoms with van der Waals surface area (Å²) in [5, 5.41) is 2.47. The largest absolute Gasteiger partial charge is 0.482 e. The second-order valence-corrected chi connectivity index (χ2v) is 8.78. The summed E-state index contributed by atoms with van der Waals surface area (Å²) in [5.41, 5.74) is 2.91. The van der Waals surface area contributed by atoms with Gasteiger partial charge in [-0.1, -0.05) is 47.0 Å². The number of fused-ring (bicyclic) bond motifs is 2. The second-order valence-electron chi connectivity index (χ2n) is 6.74. The zero-order valence-corrected chi connectivity index (χ0v) is 15.5. The minimum Gasteiger partial charge on any atom is -0.482 e. The maximum absolute atomic E-state index is 11.7. The van der Waals surface area contributed by atoms with E-state index in [0.717, 1.165) is 16.7 Å². The van der Waals surface area contributed by atoms with E-state index in [0.29, 0.717) is 21.5 Å². The predicted molar refractivity (Wildman–Crippen MR) is 108 cm³/mol. The number of hydrogen-bond acceptors (Lipinski definition) is 5. The van der Waals surface area contributed by atoms with Gasteiger partial charge in [0.15, 0.2) is 6.61 Å². The number of hydrogen-bond donors (Lipinski definition) is 4. The highest BCUT2D eigenvalue weighted by Crippen LogP contribution is 2.61. The molecule has 0 aliphatic carbocycles. The molecule has 0 radical (unpaired) electrons. The molecule has 2 aromatic carbocycles. The van der Waals surface area contributed by atoms with E-state index in [1.54, 1.807) is 18.5 Å². The maximum atomic E-state index is 11.7. The van der Waals surface area contributed by atoms with Crippen molar-refractivity contribution < 1.29 is 23.5 Å². The van der Waals surface area contributed by atoms with Crippen molar-refractivity contribution in [2.75, 3.05) is 11.9 Å². The Morgan fingerprint density at radius 1 is 1.18 bits per heavy atom. The SMILES string of the molecule is O=C1COc2ccc(C3=C[NH+]4C=CN=C4S(O)(O)C3c3ccccc3)cc2N1. The van der Waals surface area contributed by atoms with Crippen molar-refractivity contribution in [3.8, 4) is 5.75 Å².